The number of rotatable bonds is 2. The molecule has 3 nitrogen and oxygen atoms in total. The molecule has 1 heterocycles. The molecule has 0 spiro atoms. The molecule has 0 saturated carbocycles. The van der Waals surface area contributed by atoms with Crippen LogP contribution < -0.4 is 5.32 Å². The zero-order chi connectivity index (χ0) is 11.6. The molecule has 1 aliphatic heterocycles. The molecule has 0 aromatic rings. The van der Waals surface area contributed by atoms with Crippen LogP contribution in [0.5, 0.6) is 0 Å². The second kappa shape index (κ2) is 5.77. The molecule has 1 rings (SSSR count). The van der Waals surface area contributed by atoms with Gasteiger partial charge in [0.05, 0.1) is 6.54 Å². The highest BCUT2D eigenvalue weighted by atomic mass is 35.5. The number of hydrogen-bond acceptors (Lipinski definition) is 2. The lowest BCUT2D eigenvalue weighted by atomic mass is 9.92. The summed E-state index contributed by atoms with van der Waals surface area (Å²) in [5.41, 5.74) is 0. The van der Waals surface area contributed by atoms with Crippen molar-refractivity contribution in [3.8, 4) is 0 Å². The first-order valence-corrected chi connectivity index (χ1v) is 5.21. The highest BCUT2D eigenvalue weighted by molar-refractivity contribution is 5.85. The van der Waals surface area contributed by atoms with Crippen LogP contribution in [0.4, 0.5) is 8.78 Å². The predicted octanol–water partition coefficient (Wildman–Crippen LogP) is 1.52. The topological polar surface area (TPSA) is 32.3 Å². The third-order valence-corrected chi connectivity index (χ3v) is 2.90. The normalized spacial score (nSPS) is 23.8. The minimum Gasteiger partial charge on any atom is -0.343 e. The SMILES string of the molecule is CC(C)N(C)C(=O)C1CCNCC1(F)F.Cl. The van der Waals surface area contributed by atoms with Crippen molar-refractivity contribution in [3.05, 3.63) is 0 Å². The number of carbonyl (C=O) groups is 1. The molecule has 1 amide bonds. The molecule has 1 atom stereocenters. The van der Waals surface area contributed by atoms with E-state index in [9.17, 15) is 13.6 Å². The Morgan fingerprint density at radius 1 is 1.50 bits per heavy atom. The lowest BCUT2D eigenvalue weighted by molar-refractivity contribution is -0.153. The third-order valence-electron chi connectivity index (χ3n) is 2.90. The number of nitrogens with one attached hydrogen (secondary N) is 1. The maximum Gasteiger partial charge on any atom is 0.271 e. The van der Waals surface area contributed by atoms with Gasteiger partial charge in [0.25, 0.3) is 5.92 Å². The molecule has 1 N–H and O–H groups in total. The van der Waals surface area contributed by atoms with Gasteiger partial charge in [-0.25, -0.2) is 8.78 Å². The maximum atomic E-state index is 13.4. The Hall–Kier alpha value is -0.420. The molecule has 1 saturated heterocycles. The third kappa shape index (κ3) is 3.28. The number of alkyl halides is 2. The number of hydrogen-bond donors (Lipinski definition) is 1. The fourth-order valence-corrected chi connectivity index (χ4v) is 1.64. The van der Waals surface area contributed by atoms with E-state index in [-0.39, 0.29) is 24.9 Å². The van der Waals surface area contributed by atoms with Crippen molar-refractivity contribution in [1.29, 1.82) is 0 Å². The van der Waals surface area contributed by atoms with Gasteiger partial charge in [0.2, 0.25) is 5.91 Å². The molecule has 1 fully saturated rings. The first kappa shape index (κ1) is 15.6. The van der Waals surface area contributed by atoms with Crippen LogP contribution in [0.3, 0.4) is 0 Å². The molecule has 1 unspecified atom stereocenters. The lowest BCUT2D eigenvalue weighted by Crippen LogP contribution is -2.53. The summed E-state index contributed by atoms with van der Waals surface area (Å²) in [4.78, 5) is 13.2. The summed E-state index contributed by atoms with van der Waals surface area (Å²) in [5.74, 6) is -4.53. The first-order chi connectivity index (χ1) is 6.86. The van der Waals surface area contributed by atoms with Crippen LogP contribution in [-0.4, -0.2) is 42.9 Å². The van der Waals surface area contributed by atoms with E-state index >= 15 is 0 Å². The highest BCUT2D eigenvalue weighted by Crippen LogP contribution is 2.31. The molecule has 96 valence electrons. The van der Waals surface area contributed by atoms with Gasteiger partial charge in [0, 0.05) is 13.1 Å². The number of piperidine rings is 1. The van der Waals surface area contributed by atoms with Crippen LogP contribution in [0, 0.1) is 5.92 Å². The number of carbonyl (C=O) groups excluding carboxylic acids is 1. The summed E-state index contributed by atoms with van der Waals surface area (Å²) in [6, 6.07) is -0.0387. The van der Waals surface area contributed by atoms with Crippen LogP contribution in [0.15, 0.2) is 0 Å². The Balaban J connectivity index is 0.00000225. The lowest BCUT2D eigenvalue weighted by Gasteiger charge is -2.34. The molecule has 0 aromatic carbocycles. The number of halogens is 3. The molecule has 6 heteroatoms. The van der Waals surface area contributed by atoms with Crippen molar-refractivity contribution >= 4 is 18.3 Å². The molecule has 0 radical (unpaired) electrons. The fourth-order valence-electron chi connectivity index (χ4n) is 1.64. The summed E-state index contributed by atoms with van der Waals surface area (Å²) < 4.78 is 26.9. The van der Waals surface area contributed by atoms with E-state index in [4.69, 9.17) is 0 Å². The largest absolute Gasteiger partial charge is 0.343 e. The predicted molar refractivity (Wildman–Crippen MR) is 61.1 cm³/mol. The van der Waals surface area contributed by atoms with E-state index in [1.807, 2.05) is 13.8 Å². The van der Waals surface area contributed by atoms with Crippen molar-refractivity contribution in [2.75, 3.05) is 20.1 Å². The van der Waals surface area contributed by atoms with Crippen LogP contribution in [0.25, 0.3) is 0 Å². The van der Waals surface area contributed by atoms with Gasteiger partial charge >= 0.3 is 0 Å². The van der Waals surface area contributed by atoms with E-state index in [0.29, 0.717) is 6.54 Å². The second-order valence-corrected chi connectivity index (χ2v) is 4.32. The Morgan fingerprint density at radius 2 is 2.06 bits per heavy atom. The second-order valence-electron chi connectivity index (χ2n) is 4.32. The standard InChI is InChI=1S/C10H18F2N2O.ClH/c1-7(2)14(3)9(15)8-4-5-13-6-10(8,11)12;/h7-8,13H,4-6H2,1-3H3;1H. The van der Waals surface area contributed by atoms with Crippen molar-refractivity contribution in [3.63, 3.8) is 0 Å². The van der Waals surface area contributed by atoms with Gasteiger partial charge in [-0.15, -0.1) is 12.4 Å². The first-order valence-electron chi connectivity index (χ1n) is 5.21. The summed E-state index contributed by atoms with van der Waals surface area (Å²) in [5, 5.41) is 2.61. The van der Waals surface area contributed by atoms with Crippen LogP contribution >= 0.6 is 12.4 Å². The summed E-state index contributed by atoms with van der Waals surface area (Å²) in [6.07, 6.45) is 0.211. The summed E-state index contributed by atoms with van der Waals surface area (Å²) >= 11 is 0. The summed E-state index contributed by atoms with van der Waals surface area (Å²) in [6.45, 7) is 3.72. The van der Waals surface area contributed by atoms with Crippen molar-refractivity contribution in [2.24, 2.45) is 5.92 Å². The van der Waals surface area contributed by atoms with Crippen LogP contribution in [-0.2, 0) is 4.79 Å². The average Bonchev–Trinajstić information content (AvgIpc) is 2.15. The number of amides is 1. The van der Waals surface area contributed by atoms with Gasteiger partial charge in [-0.1, -0.05) is 0 Å². The Labute approximate surface area is 101 Å². The quantitative estimate of drug-likeness (QED) is 0.813. The van der Waals surface area contributed by atoms with Gasteiger partial charge in [-0.2, -0.15) is 0 Å². The van der Waals surface area contributed by atoms with E-state index in [2.05, 4.69) is 5.32 Å². The van der Waals surface area contributed by atoms with Crippen molar-refractivity contribution in [2.45, 2.75) is 32.2 Å². The molecule has 0 aliphatic carbocycles. The van der Waals surface area contributed by atoms with Crippen LogP contribution in [0.2, 0.25) is 0 Å². The summed E-state index contributed by atoms with van der Waals surface area (Å²) in [7, 11) is 1.57. The van der Waals surface area contributed by atoms with Gasteiger partial charge < -0.3 is 10.2 Å². The maximum absolute atomic E-state index is 13.4. The molecular weight excluding hydrogens is 238 g/mol. The Kier molecular flexibility index (Phi) is 5.62. The average molecular weight is 257 g/mol. The highest BCUT2D eigenvalue weighted by Gasteiger charge is 2.47. The Morgan fingerprint density at radius 3 is 2.50 bits per heavy atom. The van der Waals surface area contributed by atoms with Gasteiger partial charge in [-0.05, 0) is 26.8 Å². The van der Waals surface area contributed by atoms with Crippen molar-refractivity contribution < 1.29 is 13.6 Å². The fraction of sp³-hybridized carbons (Fsp3) is 0.900. The van der Waals surface area contributed by atoms with Gasteiger partial charge in [0.15, 0.2) is 0 Å². The molecule has 16 heavy (non-hydrogen) atoms. The van der Waals surface area contributed by atoms with E-state index in [0.717, 1.165) is 0 Å². The van der Waals surface area contributed by atoms with E-state index in [1.165, 1.54) is 4.90 Å². The van der Waals surface area contributed by atoms with Gasteiger partial charge in [-0.3, -0.25) is 4.79 Å². The zero-order valence-corrected chi connectivity index (χ0v) is 10.6. The minimum absolute atomic E-state index is 0. The molecule has 0 bridgehead atoms. The van der Waals surface area contributed by atoms with E-state index in [1.54, 1.807) is 7.05 Å². The minimum atomic E-state index is -2.92. The van der Waals surface area contributed by atoms with Gasteiger partial charge in [0.1, 0.15) is 5.92 Å². The molecule has 1 aliphatic rings. The number of nitrogens with zero attached hydrogens (tertiary/aromatic N) is 1. The van der Waals surface area contributed by atoms with E-state index < -0.39 is 24.3 Å². The molecule has 0 aromatic heterocycles. The Bertz CT molecular complexity index is 249. The molecular formula is C10H19ClF2N2O. The smallest absolute Gasteiger partial charge is 0.271 e. The monoisotopic (exact) mass is 256 g/mol. The van der Waals surface area contributed by atoms with Crippen molar-refractivity contribution in [1.82, 2.24) is 10.2 Å². The van der Waals surface area contributed by atoms with Crippen LogP contribution in [0.1, 0.15) is 20.3 Å². The zero-order valence-electron chi connectivity index (χ0n) is 9.80.